The van der Waals surface area contributed by atoms with Gasteiger partial charge in [0.1, 0.15) is 18.1 Å². The van der Waals surface area contributed by atoms with Crippen molar-refractivity contribution in [3.63, 3.8) is 0 Å². The van der Waals surface area contributed by atoms with Crippen LogP contribution >= 0.6 is 0 Å². The van der Waals surface area contributed by atoms with Crippen LogP contribution in [0.3, 0.4) is 0 Å². The Kier molecular flexibility index (Phi) is 7.39. The van der Waals surface area contributed by atoms with Crippen molar-refractivity contribution in [1.29, 1.82) is 0 Å². The summed E-state index contributed by atoms with van der Waals surface area (Å²) in [5.41, 5.74) is 2.61. The first-order chi connectivity index (χ1) is 14.3. The van der Waals surface area contributed by atoms with E-state index >= 15 is 0 Å². The van der Waals surface area contributed by atoms with Crippen LogP contribution in [-0.4, -0.2) is 30.7 Å². The van der Waals surface area contributed by atoms with Gasteiger partial charge < -0.3 is 14.8 Å². The number of hydrogen-bond acceptors (Lipinski definition) is 4. The fraction of sp³-hybridized carbons (Fsp3) is 0.167. The minimum Gasteiger partial charge on any atom is -0.490 e. The van der Waals surface area contributed by atoms with Gasteiger partial charge in [-0.25, -0.2) is 4.98 Å². The monoisotopic (exact) mass is 386 g/mol. The smallest absolute Gasteiger partial charge is 0.259 e. The SMILES string of the molecule is CCOCCOc1ccccc1C(=O)Nc1cccc(C#Cc2ccccn2)c1. The van der Waals surface area contributed by atoms with Gasteiger partial charge >= 0.3 is 0 Å². The van der Waals surface area contributed by atoms with Crippen molar-refractivity contribution in [3.8, 4) is 17.6 Å². The molecule has 0 unspecified atom stereocenters. The lowest BCUT2D eigenvalue weighted by Gasteiger charge is -2.12. The predicted molar refractivity (Wildman–Crippen MR) is 113 cm³/mol. The van der Waals surface area contributed by atoms with Gasteiger partial charge in [0.05, 0.1) is 12.2 Å². The summed E-state index contributed by atoms with van der Waals surface area (Å²) in [6.45, 7) is 3.42. The summed E-state index contributed by atoms with van der Waals surface area (Å²) >= 11 is 0. The van der Waals surface area contributed by atoms with E-state index in [1.54, 1.807) is 24.4 Å². The van der Waals surface area contributed by atoms with Crippen LogP contribution in [-0.2, 0) is 4.74 Å². The molecule has 29 heavy (non-hydrogen) atoms. The van der Waals surface area contributed by atoms with Gasteiger partial charge in [-0.2, -0.15) is 0 Å². The molecule has 0 saturated carbocycles. The zero-order chi connectivity index (χ0) is 20.3. The molecule has 0 atom stereocenters. The van der Waals surface area contributed by atoms with Crippen LogP contribution < -0.4 is 10.1 Å². The van der Waals surface area contributed by atoms with E-state index in [1.165, 1.54) is 0 Å². The molecule has 0 aliphatic rings. The quantitative estimate of drug-likeness (QED) is 0.490. The average Bonchev–Trinajstić information content (AvgIpc) is 2.76. The van der Waals surface area contributed by atoms with E-state index in [2.05, 4.69) is 22.1 Å². The first-order valence-corrected chi connectivity index (χ1v) is 9.40. The number of carbonyl (C=O) groups is 1. The van der Waals surface area contributed by atoms with Crippen molar-refractivity contribution in [1.82, 2.24) is 4.98 Å². The number of rotatable bonds is 7. The fourth-order valence-electron chi connectivity index (χ4n) is 2.58. The number of carbonyl (C=O) groups excluding carboxylic acids is 1. The van der Waals surface area contributed by atoms with Gasteiger partial charge in [0.25, 0.3) is 5.91 Å². The maximum Gasteiger partial charge on any atom is 0.259 e. The number of ether oxygens (including phenoxy) is 2. The molecule has 146 valence electrons. The second-order valence-corrected chi connectivity index (χ2v) is 6.04. The van der Waals surface area contributed by atoms with Crippen molar-refractivity contribution < 1.29 is 14.3 Å². The Balaban J connectivity index is 1.69. The van der Waals surface area contributed by atoms with E-state index in [0.717, 1.165) is 5.56 Å². The summed E-state index contributed by atoms with van der Waals surface area (Å²) in [4.78, 5) is 16.9. The largest absolute Gasteiger partial charge is 0.490 e. The van der Waals surface area contributed by atoms with Gasteiger partial charge in [-0.3, -0.25) is 4.79 Å². The highest BCUT2D eigenvalue weighted by atomic mass is 16.5. The molecule has 0 fully saturated rings. The maximum absolute atomic E-state index is 12.7. The van der Waals surface area contributed by atoms with Crippen molar-refractivity contribution in [2.45, 2.75) is 6.92 Å². The third-order valence-electron chi connectivity index (χ3n) is 3.94. The molecular formula is C24H22N2O3. The summed E-state index contributed by atoms with van der Waals surface area (Å²) in [5, 5.41) is 2.91. The Morgan fingerprint density at radius 1 is 1.00 bits per heavy atom. The lowest BCUT2D eigenvalue weighted by atomic mass is 10.1. The first-order valence-electron chi connectivity index (χ1n) is 9.40. The molecule has 1 heterocycles. The van der Waals surface area contributed by atoms with Gasteiger partial charge in [-0.1, -0.05) is 30.2 Å². The van der Waals surface area contributed by atoms with Crippen molar-refractivity contribution in [2.24, 2.45) is 0 Å². The minimum atomic E-state index is -0.244. The van der Waals surface area contributed by atoms with Gasteiger partial charge in [-0.15, -0.1) is 0 Å². The van der Waals surface area contributed by atoms with Crippen molar-refractivity contribution in [2.75, 3.05) is 25.1 Å². The van der Waals surface area contributed by atoms with Crippen LogP contribution in [0.15, 0.2) is 72.9 Å². The molecule has 0 bridgehead atoms. The van der Waals surface area contributed by atoms with E-state index in [0.29, 0.717) is 42.5 Å². The Labute approximate surface area is 170 Å². The Morgan fingerprint density at radius 3 is 2.69 bits per heavy atom. The van der Waals surface area contributed by atoms with Gasteiger partial charge in [0, 0.05) is 24.1 Å². The molecular weight excluding hydrogens is 364 g/mol. The molecule has 2 aromatic carbocycles. The highest BCUT2D eigenvalue weighted by Gasteiger charge is 2.12. The number of anilines is 1. The van der Waals surface area contributed by atoms with Gasteiger partial charge in [0.2, 0.25) is 0 Å². The topological polar surface area (TPSA) is 60.5 Å². The molecule has 0 saturated heterocycles. The number of pyridine rings is 1. The summed E-state index contributed by atoms with van der Waals surface area (Å²) in [6, 6.07) is 20.1. The summed E-state index contributed by atoms with van der Waals surface area (Å²) < 4.78 is 11.0. The highest BCUT2D eigenvalue weighted by Crippen LogP contribution is 2.20. The Bertz CT molecular complexity index is 1010. The number of benzene rings is 2. The van der Waals surface area contributed by atoms with E-state index in [9.17, 15) is 4.79 Å². The third kappa shape index (κ3) is 6.20. The van der Waals surface area contributed by atoms with Crippen LogP contribution in [0, 0.1) is 11.8 Å². The number of nitrogens with one attached hydrogen (secondary N) is 1. The summed E-state index contributed by atoms with van der Waals surface area (Å²) in [5.74, 6) is 6.35. The minimum absolute atomic E-state index is 0.244. The van der Waals surface area contributed by atoms with Crippen LogP contribution in [0.4, 0.5) is 5.69 Å². The molecule has 1 aromatic heterocycles. The van der Waals surface area contributed by atoms with E-state index < -0.39 is 0 Å². The van der Waals surface area contributed by atoms with E-state index in [-0.39, 0.29) is 5.91 Å². The zero-order valence-corrected chi connectivity index (χ0v) is 16.2. The zero-order valence-electron chi connectivity index (χ0n) is 16.2. The molecule has 0 aliphatic heterocycles. The van der Waals surface area contributed by atoms with Gasteiger partial charge in [-0.05, 0) is 55.3 Å². The molecule has 1 N–H and O–H groups in total. The van der Waals surface area contributed by atoms with Crippen molar-refractivity contribution in [3.05, 3.63) is 89.7 Å². The predicted octanol–water partition coefficient (Wildman–Crippen LogP) is 4.15. The highest BCUT2D eigenvalue weighted by molar-refractivity contribution is 6.06. The average molecular weight is 386 g/mol. The Morgan fingerprint density at radius 2 is 1.86 bits per heavy atom. The number of amides is 1. The molecule has 5 heteroatoms. The molecule has 0 spiro atoms. The molecule has 5 nitrogen and oxygen atoms in total. The lowest BCUT2D eigenvalue weighted by Crippen LogP contribution is -2.15. The number of nitrogens with zero attached hydrogens (tertiary/aromatic N) is 1. The van der Waals surface area contributed by atoms with Gasteiger partial charge in [0.15, 0.2) is 0 Å². The maximum atomic E-state index is 12.7. The molecule has 1 amide bonds. The molecule has 0 radical (unpaired) electrons. The Hall–Kier alpha value is -3.62. The van der Waals surface area contributed by atoms with E-state index in [1.807, 2.05) is 55.5 Å². The second-order valence-electron chi connectivity index (χ2n) is 6.04. The van der Waals surface area contributed by atoms with Crippen LogP contribution in [0.25, 0.3) is 0 Å². The van der Waals surface area contributed by atoms with E-state index in [4.69, 9.17) is 9.47 Å². The lowest BCUT2D eigenvalue weighted by molar-refractivity contribution is 0.0998. The fourth-order valence-corrected chi connectivity index (χ4v) is 2.58. The third-order valence-corrected chi connectivity index (χ3v) is 3.94. The number of para-hydroxylation sites is 1. The van der Waals surface area contributed by atoms with Crippen LogP contribution in [0.1, 0.15) is 28.5 Å². The normalized spacial score (nSPS) is 9.97. The summed E-state index contributed by atoms with van der Waals surface area (Å²) in [7, 11) is 0. The molecule has 0 aliphatic carbocycles. The number of aromatic nitrogens is 1. The summed E-state index contributed by atoms with van der Waals surface area (Å²) in [6.07, 6.45) is 1.70. The molecule has 3 rings (SSSR count). The molecule has 3 aromatic rings. The second kappa shape index (κ2) is 10.6. The van der Waals surface area contributed by atoms with Crippen molar-refractivity contribution >= 4 is 11.6 Å². The van der Waals surface area contributed by atoms with Crippen LogP contribution in [0.5, 0.6) is 5.75 Å². The number of hydrogen-bond donors (Lipinski definition) is 1. The standard InChI is InChI=1S/C24H22N2O3/c1-2-28-16-17-29-23-12-4-3-11-22(23)24(27)26-21-10-7-8-19(18-21)13-14-20-9-5-6-15-25-20/h3-12,15,18H,2,16-17H2,1H3,(H,26,27). The first kappa shape index (κ1) is 20.1. The van der Waals surface area contributed by atoms with Crippen LogP contribution in [0.2, 0.25) is 0 Å².